The quantitative estimate of drug-likeness (QED) is 0.829. The average molecular weight is 345 g/mol. The third-order valence-corrected chi connectivity index (χ3v) is 4.04. The molecule has 1 N–H and O–H groups in total. The zero-order valence-electron chi connectivity index (χ0n) is 9.70. The van der Waals surface area contributed by atoms with Gasteiger partial charge in [0.2, 0.25) is 0 Å². The number of hydrogen-bond donors (Lipinski definition) is 1. The average Bonchev–Trinajstić information content (AvgIpc) is 2.36. The first-order chi connectivity index (χ1) is 8.61. The number of aromatic amines is 1. The van der Waals surface area contributed by atoms with Gasteiger partial charge in [0.05, 0.1) is 9.50 Å². The Morgan fingerprint density at radius 2 is 2.22 bits per heavy atom. The zero-order valence-corrected chi connectivity index (χ0v) is 12.9. The highest BCUT2D eigenvalue weighted by Crippen LogP contribution is 2.21. The smallest absolute Gasteiger partial charge is 0.157 e. The van der Waals surface area contributed by atoms with Crippen LogP contribution in [0.15, 0.2) is 22.8 Å². The number of halogens is 2. The molecular formula is C12H11BrClN3S. The lowest BCUT2D eigenvalue weighted by Gasteiger charge is -2.07. The number of hydrogen-bond acceptors (Lipinski definition) is 3. The summed E-state index contributed by atoms with van der Waals surface area (Å²) >= 11 is 14.5. The molecule has 0 fully saturated rings. The molecule has 3 nitrogen and oxygen atoms in total. The molecule has 0 aliphatic heterocycles. The molecule has 6 heteroatoms. The summed E-state index contributed by atoms with van der Waals surface area (Å²) < 4.78 is 1.40. The van der Waals surface area contributed by atoms with Crippen LogP contribution in [0.25, 0.3) is 11.5 Å². The van der Waals surface area contributed by atoms with Crippen molar-refractivity contribution in [2.24, 2.45) is 0 Å². The second-order valence-corrected chi connectivity index (χ2v) is 5.41. The predicted molar refractivity (Wildman–Crippen MR) is 79.4 cm³/mol. The SMILES string of the molecule is CCCc1[nH]c(-c2ccc(Cl)cn2)nc(=S)c1Br. The van der Waals surface area contributed by atoms with E-state index in [1.165, 1.54) is 0 Å². The zero-order chi connectivity index (χ0) is 13.1. The van der Waals surface area contributed by atoms with Crippen LogP contribution in [-0.4, -0.2) is 15.0 Å². The molecule has 0 saturated heterocycles. The first kappa shape index (κ1) is 13.6. The minimum atomic E-state index is 0.545. The lowest BCUT2D eigenvalue weighted by molar-refractivity contribution is 0.864. The Kier molecular flexibility index (Phi) is 4.48. The van der Waals surface area contributed by atoms with E-state index in [9.17, 15) is 0 Å². The minimum absolute atomic E-state index is 0.545. The number of H-pyrrole nitrogens is 1. The molecular weight excluding hydrogens is 334 g/mol. The van der Waals surface area contributed by atoms with Gasteiger partial charge in [0.1, 0.15) is 10.3 Å². The largest absolute Gasteiger partial charge is 0.341 e. The highest BCUT2D eigenvalue weighted by Gasteiger charge is 2.08. The molecule has 94 valence electrons. The molecule has 18 heavy (non-hydrogen) atoms. The van der Waals surface area contributed by atoms with Gasteiger partial charge in [-0.2, -0.15) is 0 Å². The van der Waals surface area contributed by atoms with E-state index >= 15 is 0 Å². The first-order valence-corrected chi connectivity index (χ1v) is 7.10. The Morgan fingerprint density at radius 1 is 1.44 bits per heavy atom. The number of rotatable bonds is 3. The molecule has 0 radical (unpaired) electrons. The number of pyridine rings is 1. The fraction of sp³-hybridized carbons (Fsp3) is 0.250. The van der Waals surface area contributed by atoms with Crippen LogP contribution in [0.3, 0.4) is 0 Å². The van der Waals surface area contributed by atoms with E-state index in [1.807, 2.05) is 6.07 Å². The summed E-state index contributed by atoms with van der Waals surface area (Å²) in [5.74, 6) is 0.670. The van der Waals surface area contributed by atoms with Gasteiger partial charge in [-0.25, -0.2) is 4.98 Å². The number of aryl methyl sites for hydroxylation is 1. The molecule has 2 aromatic rings. The van der Waals surface area contributed by atoms with Gasteiger partial charge in [-0.15, -0.1) is 0 Å². The van der Waals surface area contributed by atoms with Crippen LogP contribution in [0.2, 0.25) is 5.02 Å². The highest BCUT2D eigenvalue weighted by atomic mass is 79.9. The van der Waals surface area contributed by atoms with Crippen LogP contribution in [0.1, 0.15) is 19.0 Å². The maximum Gasteiger partial charge on any atom is 0.157 e. The predicted octanol–water partition coefficient (Wildman–Crippen LogP) is 4.57. The van der Waals surface area contributed by atoms with Gasteiger partial charge in [0, 0.05) is 11.9 Å². The summed E-state index contributed by atoms with van der Waals surface area (Å²) in [4.78, 5) is 11.8. The Morgan fingerprint density at radius 3 is 2.83 bits per heavy atom. The Labute approximate surface area is 124 Å². The van der Waals surface area contributed by atoms with Gasteiger partial charge < -0.3 is 4.98 Å². The third kappa shape index (κ3) is 2.96. The summed E-state index contributed by atoms with van der Waals surface area (Å²) in [6, 6.07) is 3.60. The van der Waals surface area contributed by atoms with E-state index in [-0.39, 0.29) is 0 Å². The normalized spacial score (nSPS) is 10.6. The van der Waals surface area contributed by atoms with Crippen molar-refractivity contribution in [2.45, 2.75) is 19.8 Å². The summed E-state index contributed by atoms with van der Waals surface area (Å²) in [5, 5.41) is 0.600. The van der Waals surface area contributed by atoms with Crippen molar-refractivity contribution in [3.05, 3.63) is 38.2 Å². The van der Waals surface area contributed by atoms with Gasteiger partial charge in [-0.3, -0.25) is 4.98 Å². The molecule has 0 amide bonds. The maximum absolute atomic E-state index is 5.82. The lowest BCUT2D eigenvalue weighted by Crippen LogP contribution is -1.99. The Balaban J connectivity index is 2.51. The van der Waals surface area contributed by atoms with Gasteiger partial charge in [0.25, 0.3) is 0 Å². The molecule has 0 aliphatic rings. The molecule has 0 unspecified atom stereocenters. The van der Waals surface area contributed by atoms with E-state index in [1.54, 1.807) is 12.3 Å². The van der Waals surface area contributed by atoms with E-state index in [2.05, 4.69) is 37.8 Å². The van der Waals surface area contributed by atoms with Gasteiger partial charge in [-0.1, -0.05) is 37.2 Å². The highest BCUT2D eigenvalue weighted by molar-refractivity contribution is 9.10. The van der Waals surface area contributed by atoms with Crippen molar-refractivity contribution < 1.29 is 0 Å². The molecule has 0 aromatic carbocycles. The molecule has 0 saturated carbocycles. The van der Waals surface area contributed by atoms with Crippen LogP contribution < -0.4 is 0 Å². The van der Waals surface area contributed by atoms with Crippen LogP contribution in [0, 0.1) is 4.64 Å². The molecule has 0 atom stereocenters. The van der Waals surface area contributed by atoms with Gasteiger partial charge in [0.15, 0.2) is 5.82 Å². The topological polar surface area (TPSA) is 41.6 Å². The lowest BCUT2D eigenvalue weighted by atomic mass is 10.2. The molecule has 0 aliphatic carbocycles. The van der Waals surface area contributed by atoms with Gasteiger partial charge in [-0.05, 0) is 34.5 Å². The second-order valence-electron chi connectivity index (χ2n) is 3.79. The third-order valence-electron chi connectivity index (χ3n) is 2.41. The molecule has 0 bridgehead atoms. The van der Waals surface area contributed by atoms with Crippen molar-refractivity contribution in [3.8, 4) is 11.5 Å². The molecule has 2 aromatic heterocycles. The van der Waals surface area contributed by atoms with Crippen LogP contribution in [0.4, 0.5) is 0 Å². The fourth-order valence-corrected chi connectivity index (χ4v) is 2.28. The molecule has 2 heterocycles. The van der Waals surface area contributed by atoms with E-state index < -0.39 is 0 Å². The van der Waals surface area contributed by atoms with E-state index in [0.717, 1.165) is 28.7 Å². The van der Waals surface area contributed by atoms with Crippen molar-refractivity contribution in [1.29, 1.82) is 0 Å². The van der Waals surface area contributed by atoms with Crippen LogP contribution >= 0.6 is 39.7 Å². The van der Waals surface area contributed by atoms with E-state index in [4.69, 9.17) is 23.8 Å². The van der Waals surface area contributed by atoms with Crippen molar-refractivity contribution in [1.82, 2.24) is 15.0 Å². The van der Waals surface area contributed by atoms with Crippen molar-refractivity contribution in [2.75, 3.05) is 0 Å². The minimum Gasteiger partial charge on any atom is -0.341 e. The maximum atomic E-state index is 5.82. The standard InChI is InChI=1S/C12H11BrClN3S/c1-2-3-8-10(13)12(18)17-11(16-8)9-5-4-7(14)6-15-9/h4-6H,2-3H2,1H3,(H,16,17,18). The second kappa shape index (κ2) is 5.91. The summed E-state index contributed by atoms with van der Waals surface area (Å²) in [6.07, 6.45) is 3.53. The fourth-order valence-electron chi connectivity index (χ4n) is 1.56. The number of nitrogens with one attached hydrogen (secondary N) is 1. The molecule has 0 spiro atoms. The number of aromatic nitrogens is 3. The summed E-state index contributed by atoms with van der Waals surface area (Å²) in [7, 11) is 0. The first-order valence-electron chi connectivity index (χ1n) is 5.52. The number of nitrogens with zero attached hydrogens (tertiary/aromatic N) is 2. The van der Waals surface area contributed by atoms with Crippen molar-refractivity contribution in [3.63, 3.8) is 0 Å². The van der Waals surface area contributed by atoms with E-state index in [0.29, 0.717) is 15.5 Å². The summed E-state index contributed by atoms with van der Waals surface area (Å²) in [5.41, 5.74) is 1.78. The van der Waals surface area contributed by atoms with Crippen LogP contribution in [-0.2, 0) is 6.42 Å². The van der Waals surface area contributed by atoms with Gasteiger partial charge >= 0.3 is 0 Å². The van der Waals surface area contributed by atoms with Crippen molar-refractivity contribution >= 4 is 39.7 Å². The Bertz CT molecular complexity index is 610. The monoisotopic (exact) mass is 343 g/mol. The Hall–Kier alpha value is -0.780. The van der Waals surface area contributed by atoms with Crippen LogP contribution in [0.5, 0.6) is 0 Å². The molecule has 2 rings (SSSR count). The summed E-state index contributed by atoms with van der Waals surface area (Å²) in [6.45, 7) is 2.12.